The highest BCUT2D eigenvalue weighted by molar-refractivity contribution is 6.32. The summed E-state index contributed by atoms with van der Waals surface area (Å²) < 4.78 is 7.56. The van der Waals surface area contributed by atoms with E-state index in [9.17, 15) is 4.79 Å². The number of nitrogens with zero attached hydrogens (tertiary/aromatic N) is 2. The van der Waals surface area contributed by atoms with Crippen LogP contribution in [-0.4, -0.2) is 56.1 Å². The summed E-state index contributed by atoms with van der Waals surface area (Å²) in [5.41, 5.74) is 6.24. The molecule has 5 rings (SSSR count). The quantitative estimate of drug-likeness (QED) is 0.399. The number of carbonyl (C=O) groups excluding carboxylic acids is 1. The molecule has 2 aliphatic rings. The molecule has 0 saturated heterocycles. The number of para-hydroxylation sites is 1. The van der Waals surface area contributed by atoms with E-state index in [0.717, 1.165) is 67.6 Å². The van der Waals surface area contributed by atoms with E-state index < -0.39 is 0 Å². The van der Waals surface area contributed by atoms with Gasteiger partial charge >= 0.3 is 0 Å². The Morgan fingerprint density at radius 3 is 2.85 bits per heavy atom. The van der Waals surface area contributed by atoms with Crippen molar-refractivity contribution in [2.24, 2.45) is 0 Å². The second kappa shape index (κ2) is 10.2. The van der Waals surface area contributed by atoms with Crippen molar-refractivity contribution in [3.05, 3.63) is 71.4 Å². The molecule has 1 aliphatic heterocycles. The van der Waals surface area contributed by atoms with Gasteiger partial charge in [0.2, 0.25) is 0 Å². The van der Waals surface area contributed by atoms with E-state index in [1.54, 1.807) is 7.11 Å². The molecule has 0 atom stereocenters. The van der Waals surface area contributed by atoms with Crippen LogP contribution in [0.1, 0.15) is 36.8 Å². The average molecular weight is 453 g/mol. The van der Waals surface area contributed by atoms with Crippen LogP contribution in [0.4, 0.5) is 0 Å². The normalized spacial score (nSPS) is 16.3. The number of ether oxygens (including phenoxy) is 1. The molecule has 2 radical (unpaired) electrons. The van der Waals surface area contributed by atoms with Gasteiger partial charge < -0.3 is 19.5 Å². The van der Waals surface area contributed by atoms with Gasteiger partial charge in [0.25, 0.3) is 5.91 Å². The van der Waals surface area contributed by atoms with Crippen LogP contribution in [0.5, 0.6) is 0 Å². The minimum absolute atomic E-state index is 0.156. The molecule has 1 aliphatic carbocycles. The predicted octanol–water partition coefficient (Wildman–Crippen LogP) is 3.41. The third-order valence-corrected chi connectivity index (χ3v) is 6.92. The van der Waals surface area contributed by atoms with Crippen molar-refractivity contribution in [2.75, 3.05) is 26.8 Å². The fraction of sp³-hybridized carbons (Fsp3) is 0.393. The van der Waals surface area contributed by atoms with Gasteiger partial charge in [-0.1, -0.05) is 47.9 Å². The molecule has 2 aromatic carbocycles. The number of fused-ring (bicyclic) bond motifs is 1. The first kappa shape index (κ1) is 22.9. The largest absolute Gasteiger partial charge is 0.385 e. The van der Waals surface area contributed by atoms with Crippen molar-refractivity contribution in [3.63, 3.8) is 0 Å². The van der Waals surface area contributed by atoms with Crippen molar-refractivity contribution in [2.45, 2.75) is 44.8 Å². The van der Waals surface area contributed by atoms with Gasteiger partial charge in [-0.05, 0) is 55.0 Å². The van der Waals surface area contributed by atoms with Crippen LogP contribution in [0.15, 0.2) is 60.3 Å². The van der Waals surface area contributed by atoms with Crippen LogP contribution in [0.3, 0.4) is 0 Å². The minimum Gasteiger partial charge on any atom is -0.385 e. The van der Waals surface area contributed by atoms with E-state index in [4.69, 9.17) is 12.6 Å². The molecule has 1 amide bonds. The maximum Gasteiger partial charge on any atom is 0.251 e. The first-order chi connectivity index (χ1) is 16.7. The highest BCUT2D eigenvalue weighted by Crippen LogP contribution is 2.34. The number of nitrogens with one attached hydrogen (secondary N) is 1. The number of hydrogen-bond donors (Lipinski definition) is 1. The molecule has 3 aromatic rings. The third kappa shape index (κ3) is 4.84. The molecule has 1 aromatic heterocycles. The number of hydrogen-bond acceptors (Lipinski definition) is 3. The monoisotopic (exact) mass is 453 g/mol. The summed E-state index contributed by atoms with van der Waals surface area (Å²) >= 11 is 0. The molecule has 0 bridgehead atoms. The topological polar surface area (TPSA) is 46.5 Å². The number of aromatic nitrogens is 1. The maximum absolute atomic E-state index is 14.0. The molecular weight excluding hydrogens is 421 g/mol. The maximum atomic E-state index is 14.0. The lowest BCUT2D eigenvalue weighted by Crippen LogP contribution is -2.39. The van der Waals surface area contributed by atoms with Crippen molar-refractivity contribution < 1.29 is 9.53 Å². The lowest BCUT2D eigenvalue weighted by atomic mass is 9.88. The Bertz CT molecular complexity index is 1210. The van der Waals surface area contributed by atoms with E-state index in [-0.39, 0.29) is 5.91 Å². The van der Waals surface area contributed by atoms with Gasteiger partial charge in [0, 0.05) is 62.1 Å². The highest BCUT2D eigenvalue weighted by atomic mass is 16.5. The third-order valence-electron chi connectivity index (χ3n) is 6.92. The summed E-state index contributed by atoms with van der Waals surface area (Å²) in [4.78, 5) is 16.1. The standard InChI is InChI=1S/C28H32BN3O2/c1-34-15-5-14-31-18-21(25-8-2-3-9-27(25)31)19-32(23-10-11-23)28(33)26-17-30-13-12-24(26)20-6-4-7-22(29)16-20/h2-4,6-9,16,18,23,30H,5,10-15,17,19H2,1H3. The SMILES string of the molecule is [B]c1cccc(C2=C(C(=O)N(Cc3cn(CCCOC)c4ccccc34)C3CC3)CNCC2)c1. The molecule has 1 fully saturated rings. The first-order valence-electron chi connectivity index (χ1n) is 12.3. The van der Waals surface area contributed by atoms with Gasteiger partial charge in [0.1, 0.15) is 7.85 Å². The summed E-state index contributed by atoms with van der Waals surface area (Å²) in [6.45, 7) is 3.75. The zero-order chi connectivity index (χ0) is 23.5. The van der Waals surface area contributed by atoms with Crippen LogP contribution in [-0.2, 0) is 22.6 Å². The summed E-state index contributed by atoms with van der Waals surface area (Å²) in [5, 5.41) is 4.65. The highest BCUT2D eigenvalue weighted by Gasteiger charge is 2.35. The number of benzene rings is 2. The average Bonchev–Trinajstić information content (AvgIpc) is 3.65. The van der Waals surface area contributed by atoms with Crippen LogP contribution >= 0.6 is 0 Å². The van der Waals surface area contributed by atoms with E-state index in [1.807, 2.05) is 18.2 Å². The Kier molecular flexibility index (Phi) is 6.88. The Morgan fingerprint density at radius 2 is 2.06 bits per heavy atom. The molecular formula is C28H32BN3O2. The molecule has 174 valence electrons. The molecule has 5 nitrogen and oxygen atoms in total. The van der Waals surface area contributed by atoms with E-state index >= 15 is 0 Å². The number of methoxy groups -OCH3 is 1. The van der Waals surface area contributed by atoms with E-state index in [2.05, 4.69) is 51.3 Å². The zero-order valence-corrected chi connectivity index (χ0v) is 19.9. The lowest BCUT2D eigenvalue weighted by Gasteiger charge is -2.28. The summed E-state index contributed by atoms with van der Waals surface area (Å²) in [6, 6.07) is 16.7. The fourth-order valence-corrected chi connectivity index (χ4v) is 5.06. The Balaban J connectivity index is 1.47. The second-order valence-corrected chi connectivity index (χ2v) is 9.38. The van der Waals surface area contributed by atoms with Gasteiger partial charge in [-0.15, -0.1) is 0 Å². The number of aryl methyl sites for hydroxylation is 1. The molecule has 0 unspecified atom stereocenters. The molecule has 6 heteroatoms. The molecule has 34 heavy (non-hydrogen) atoms. The molecule has 1 saturated carbocycles. The second-order valence-electron chi connectivity index (χ2n) is 9.38. The minimum atomic E-state index is 0.156. The molecule has 1 N–H and O–H groups in total. The van der Waals surface area contributed by atoms with E-state index in [0.29, 0.717) is 19.1 Å². The predicted molar refractivity (Wildman–Crippen MR) is 138 cm³/mol. The number of amides is 1. The summed E-state index contributed by atoms with van der Waals surface area (Å²) in [5.74, 6) is 0.156. The smallest absolute Gasteiger partial charge is 0.251 e. The van der Waals surface area contributed by atoms with Crippen molar-refractivity contribution in [1.82, 2.24) is 14.8 Å². The van der Waals surface area contributed by atoms with E-state index in [1.165, 1.54) is 16.5 Å². The number of carbonyl (C=O) groups is 1. The van der Waals surface area contributed by atoms with Crippen LogP contribution < -0.4 is 10.8 Å². The van der Waals surface area contributed by atoms with Crippen molar-refractivity contribution in [3.8, 4) is 0 Å². The number of rotatable bonds is 9. The summed E-state index contributed by atoms with van der Waals surface area (Å²) in [6.07, 6.45) is 6.18. The Morgan fingerprint density at radius 1 is 1.21 bits per heavy atom. The van der Waals surface area contributed by atoms with Crippen molar-refractivity contribution >= 4 is 35.7 Å². The van der Waals surface area contributed by atoms with Crippen LogP contribution in [0.2, 0.25) is 0 Å². The van der Waals surface area contributed by atoms with Gasteiger partial charge in [0.05, 0.1) is 0 Å². The first-order valence-corrected chi connectivity index (χ1v) is 12.3. The molecule has 2 heterocycles. The fourth-order valence-electron chi connectivity index (χ4n) is 5.06. The van der Waals surface area contributed by atoms with Gasteiger partial charge in [-0.3, -0.25) is 4.79 Å². The van der Waals surface area contributed by atoms with Crippen LogP contribution in [0.25, 0.3) is 16.5 Å². The summed E-state index contributed by atoms with van der Waals surface area (Å²) in [7, 11) is 7.80. The zero-order valence-electron chi connectivity index (χ0n) is 19.9. The van der Waals surface area contributed by atoms with Crippen LogP contribution in [0, 0.1) is 0 Å². The van der Waals surface area contributed by atoms with Gasteiger partial charge in [0.15, 0.2) is 0 Å². The van der Waals surface area contributed by atoms with Crippen molar-refractivity contribution in [1.29, 1.82) is 0 Å². The Labute approximate surface area is 203 Å². The van der Waals surface area contributed by atoms with Gasteiger partial charge in [-0.2, -0.15) is 0 Å². The Hall–Kier alpha value is -2.83. The van der Waals surface area contributed by atoms with Gasteiger partial charge in [-0.25, -0.2) is 0 Å². The lowest BCUT2D eigenvalue weighted by molar-refractivity contribution is -0.128. The molecule has 0 spiro atoms.